The third-order valence-electron chi connectivity index (χ3n) is 5.11. The summed E-state index contributed by atoms with van der Waals surface area (Å²) < 4.78 is 1.35. The number of nitrogens with zero attached hydrogens (tertiary/aromatic N) is 3. The van der Waals surface area contributed by atoms with Gasteiger partial charge in [0.2, 0.25) is 5.91 Å². The number of hydrogen-bond donors (Lipinski definition) is 2. The zero-order valence-electron chi connectivity index (χ0n) is 14.2. The number of hydrogen-bond acceptors (Lipinski definition) is 5. The summed E-state index contributed by atoms with van der Waals surface area (Å²) in [6.45, 7) is 3.32. The highest BCUT2D eigenvalue weighted by Gasteiger charge is 2.32. The van der Waals surface area contributed by atoms with Crippen LogP contribution in [0.15, 0.2) is 24.3 Å². The first-order valence-corrected chi connectivity index (χ1v) is 8.55. The number of nitrogens with two attached hydrogens (primary N) is 1. The molecule has 7 nitrogen and oxygen atoms in total. The lowest BCUT2D eigenvalue weighted by Crippen LogP contribution is -2.34. The van der Waals surface area contributed by atoms with Gasteiger partial charge >= 0.3 is 0 Å². The van der Waals surface area contributed by atoms with Crippen LogP contribution in [0.4, 0.5) is 11.5 Å². The maximum absolute atomic E-state index is 13.1. The molecule has 3 heterocycles. The summed E-state index contributed by atoms with van der Waals surface area (Å²) >= 11 is 0. The molecule has 2 aliphatic rings. The second kappa shape index (κ2) is 5.91. The van der Waals surface area contributed by atoms with Crippen LogP contribution in [0.5, 0.6) is 0 Å². The number of nitrogens with one attached hydrogen (secondary N) is 1. The zero-order chi connectivity index (χ0) is 17.6. The summed E-state index contributed by atoms with van der Waals surface area (Å²) in [6.07, 6.45) is 1.33. The van der Waals surface area contributed by atoms with Gasteiger partial charge in [-0.05, 0) is 18.1 Å². The molecule has 1 aromatic heterocycles. The van der Waals surface area contributed by atoms with Gasteiger partial charge in [-0.3, -0.25) is 9.59 Å². The SMILES string of the molecule is CC(=O)N1CCc2nn(C(=O)C3CCNc4ccccc43)c(N)c2C1. The molecule has 2 aliphatic heterocycles. The van der Waals surface area contributed by atoms with E-state index in [1.807, 2.05) is 24.3 Å². The largest absolute Gasteiger partial charge is 0.385 e. The highest BCUT2D eigenvalue weighted by atomic mass is 16.2. The van der Waals surface area contributed by atoms with E-state index in [0.717, 1.165) is 29.1 Å². The van der Waals surface area contributed by atoms with Gasteiger partial charge in [-0.1, -0.05) is 18.2 Å². The maximum atomic E-state index is 13.1. The molecule has 3 N–H and O–H groups in total. The molecular formula is C18H21N5O2. The van der Waals surface area contributed by atoms with E-state index in [0.29, 0.717) is 31.7 Å². The van der Waals surface area contributed by atoms with Crippen LogP contribution >= 0.6 is 0 Å². The fourth-order valence-corrected chi connectivity index (χ4v) is 3.70. The second-order valence-corrected chi connectivity index (χ2v) is 6.61. The highest BCUT2D eigenvalue weighted by Crippen LogP contribution is 2.34. The molecule has 0 aliphatic carbocycles. The molecular weight excluding hydrogens is 318 g/mol. The lowest BCUT2D eigenvalue weighted by atomic mass is 9.90. The molecule has 0 radical (unpaired) electrons. The Labute approximate surface area is 145 Å². The Hall–Kier alpha value is -2.83. The highest BCUT2D eigenvalue weighted by molar-refractivity contribution is 5.90. The Balaban J connectivity index is 1.68. The van der Waals surface area contributed by atoms with Gasteiger partial charge in [-0.25, -0.2) is 0 Å². The molecule has 0 fully saturated rings. The van der Waals surface area contributed by atoms with Crippen LogP contribution in [0.2, 0.25) is 0 Å². The first-order chi connectivity index (χ1) is 12.1. The van der Waals surface area contributed by atoms with Gasteiger partial charge in [0.05, 0.1) is 18.2 Å². The summed E-state index contributed by atoms with van der Waals surface area (Å²) in [4.78, 5) is 26.5. The number of carbonyl (C=O) groups excluding carboxylic acids is 2. The van der Waals surface area contributed by atoms with Crippen molar-refractivity contribution in [1.82, 2.24) is 14.7 Å². The summed E-state index contributed by atoms with van der Waals surface area (Å²) in [5.74, 6) is 0.0126. The first-order valence-electron chi connectivity index (χ1n) is 8.55. The second-order valence-electron chi connectivity index (χ2n) is 6.61. The van der Waals surface area contributed by atoms with Gasteiger partial charge in [0.15, 0.2) is 0 Å². The monoisotopic (exact) mass is 339 g/mol. The third-order valence-corrected chi connectivity index (χ3v) is 5.11. The minimum absolute atomic E-state index is 0.0106. The fraction of sp³-hybridized carbons (Fsp3) is 0.389. The van der Waals surface area contributed by atoms with Crippen molar-refractivity contribution in [3.63, 3.8) is 0 Å². The number of carbonyl (C=O) groups is 2. The molecule has 0 spiro atoms. The van der Waals surface area contributed by atoms with E-state index in [2.05, 4.69) is 10.4 Å². The number of nitrogen functional groups attached to an aromatic ring is 1. The van der Waals surface area contributed by atoms with Crippen molar-refractivity contribution in [2.45, 2.75) is 32.2 Å². The zero-order valence-corrected chi connectivity index (χ0v) is 14.2. The van der Waals surface area contributed by atoms with Crippen molar-refractivity contribution in [2.75, 3.05) is 24.1 Å². The lowest BCUT2D eigenvalue weighted by molar-refractivity contribution is -0.129. The molecule has 1 amide bonds. The maximum Gasteiger partial charge on any atom is 0.256 e. The van der Waals surface area contributed by atoms with E-state index in [4.69, 9.17) is 5.73 Å². The van der Waals surface area contributed by atoms with Gasteiger partial charge in [0.1, 0.15) is 5.82 Å². The lowest BCUT2D eigenvalue weighted by Gasteiger charge is -2.25. The standard InChI is InChI=1S/C18H21N5O2/c1-11(24)22-9-7-16-14(10-22)17(19)23(21-16)18(25)13-6-8-20-15-5-3-2-4-12(13)15/h2-5,13,20H,6-10,19H2,1H3. The number of benzene rings is 1. The van der Waals surface area contributed by atoms with Crippen LogP contribution in [-0.4, -0.2) is 39.6 Å². The van der Waals surface area contributed by atoms with E-state index >= 15 is 0 Å². The molecule has 0 saturated carbocycles. The minimum atomic E-state index is -0.259. The number of para-hydroxylation sites is 1. The Morgan fingerprint density at radius 3 is 2.92 bits per heavy atom. The van der Waals surface area contributed by atoms with E-state index in [9.17, 15) is 9.59 Å². The normalized spacial score (nSPS) is 18.9. The van der Waals surface area contributed by atoms with E-state index in [1.165, 1.54) is 4.68 Å². The van der Waals surface area contributed by atoms with E-state index < -0.39 is 0 Å². The molecule has 130 valence electrons. The molecule has 2 aromatic rings. The first kappa shape index (κ1) is 15.7. The Bertz CT molecular complexity index is 857. The number of anilines is 2. The summed E-state index contributed by atoms with van der Waals surface area (Å²) in [6, 6.07) is 7.85. The molecule has 0 saturated heterocycles. The molecule has 7 heteroatoms. The average molecular weight is 339 g/mol. The molecule has 0 bridgehead atoms. The van der Waals surface area contributed by atoms with Crippen LogP contribution in [0, 0.1) is 0 Å². The van der Waals surface area contributed by atoms with Crippen LogP contribution < -0.4 is 11.1 Å². The smallest absolute Gasteiger partial charge is 0.256 e. The van der Waals surface area contributed by atoms with Crippen LogP contribution in [0.25, 0.3) is 0 Å². The Morgan fingerprint density at radius 1 is 1.32 bits per heavy atom. The number of fused-ring (bicyclic) bond motifs is 2. The number of aromatic nitrogens is 2. The number of amides is 1. The summed E-state index contributed by atoms with van der Waals surface area (Å²) in [5.41, 5.74) is 9.84. The van der Waals surface area contributed by atoms with Crippen molar-refractivity contribution in [1.29, 1.82) is 0 Å². The third kappa shape index (κ3) is 2.56. The van der Waals surface area contributed by atoms with Crippen molar-refractivity contribution in [3.8, 4) is 0 Å². The van der Waals surface area contributed by atoms with Gasteiger partial charge in [-0.15, -0.1) is 0 Å². The topological polar surface area (TPSA) is 93.2 Å². The predicted molar refractivity (Wildman–Crippen MR) is 94.4 cm³/mol. The molecule has 1 aromatic carbocycles. The summed E-state index contributed by atoms with van der Waals surface area (Å²) in [7, 11) is 0. The average Bonchev–Trinajstić information content (AvgIpc) is 2.97. The van der Waals surface area contributed by atoms with Gasteiger partial charge < -0.3 is 16.0 Å². The quantitative estimate of drug-likeness (QED) is 0.823. The fourth-order valence-electron chi connectivity index (χ4n) is 3.70. The Morgan fingerprint density at radius 2 is 2.12 bits per heavy atom. The van der Waals surface area contributed by atoms with Crippen molar-refractivity contribution >= 4 is 23.3 Å². The van der Waals surface area contributed by atoms with Gasteiger partial charge in [-0.2, -0.15) is 9.78 Å². The Kier molecular flexibility index (Phi) is 3.71. The van der Waals surface area contributed by atoms with Crippen molar-refractivity contribution in [3.05, 3.63) is 41.1 Å². The molecule has 25 heavy (non-hydrogen) atoms. The van der Waals surface area contributed by atoms with Crippen LogP contribution in [0.3, 0.4) is 0 Å². The van der Waals surface area contributed by atoms with E-state index in [1.54, 1.807) is 11.8 Å². The van der Waals surface area contributed by atoms with Crippen molar-refractivity contribution < 1.29 is 9.59 Å². The molecule has 4 rings (SSSR count). The minimum Gasteiger partial charge on any atom is -0.385 e. The number of rotatable bonds is 1. The summed E-state index contributed by atoms with van der Waals surface area (Å²) in [5, 5.41) is 7.80. The van der Waals surface area contributed by atoms with Crippen molar-refractivity contribution in [2.24, 2.45) is 0 Å². The van der Waals surface area contributed by atoms with Gasteiger partial charge in [0.25, 0.3) is 5.91 Å². The van der Waals surface area contributed by atoms with Gasteiger partial charge in [0, 0.05) is 37.7 Å². The molecule has 1 unspecified atom stereocenters. The van der Waals surface area contributed by atoms with E-state index in [-0.39, 0.29) is 17.7 Å². The molecule has 1 atom stereocenters. The van der Waals surface area contributed by atoms with Crippen LogP contribution in [-0.2, 0) is 17.8 Å². The van der Waals surface area contributed by atoms with Crippen LogP contribution in [0.1, 0.15) is 40.9 Å². The predicted octanol–water partition coefficient (Wildman–Crippen LogP) is 1.61.